The second kappa shape index (κ2) is 8.24. The van der Waals surface area contributed by atoms with Gasteiger partial charge in [0.05, 0.1) is 24.5 Å². The van der Waals surface area contributed by atoms with Crippen LogP contribution in [-0.4, -0.2) is 48.1 Å². The zero-order chi connectivity index (χ0) is 19.4. The summed E-state index contributed by atoms with van der Waals surface area (Å²) in [5.41, 5.74) is 1.37. The van der Waals surface area contributed by atoms with Crippen LogP contribution in [0.2, 0.25) is 0 Å². The number of carbonyl (C=O) groups is 2. The highest BCUT2D eigenvalue weighted by molar-refractivity contribution is 6.01. The number of anilines is 1. The Hall–Kier alpha value is -2.83. The number of aromatic nitrogens is 1. The molecule has 0 radical (unpaired) electrons. The topological polar surface area (TPSA) is 75.9 Å². The second-order valence-corrected chi connectivity index (χ2v) is 6.74. The summed E-state index contributed by atoms with van der Waals surface area (Å²) in [5.74, 6) is 0.389. The number of unbranched alkanes of at least 4 members (excludes halogenated alkanes) is 1. The molecule has 27 heavy (non-hydrogen) atoms. The fraction of sp³-hybridized carbons (Fsp3) is 0.450. The smallest absolute Gasteiger partial charge is 0.293 e. The van der Waals surface area contributed by atoms with Crippen LogP contribution < -0.4 is 9.64 Å². The molecular weight excluding hydrogens is 346 g/mol. The van der Waals surface area contributed by atoms with Crippen molar-refractivity contribution in [1.29, 1.82) is 0 Å². The molecule has 0 bridgehead atoms. The quantitative estimate of drug-likeness (QED) is 0.780. The second-order valence-electron chi connectivity index (χ2n) is 6.74. The van der Waals surface area contributed by atoms with Gasteiger partial charge in [0.15, 0.2) is 0 Å². The Morgan fingerprint density at radius 2 is 2.15 bits per heavy atom. The summed E-state index contributed by atoms with van der Waals surface area (Å²) >= 11 is 0. The lowest BCUT2D eigenvalue weighted by Gasteiger charge is -2.41. The number of amides is 2. The third kappa shape index (κ3) is 3.97. The van der Waals surface area contributed by atoms with E-state index >= 15 is 0 Å². The van der Waals surface area contributed by atoms with Crippen molar-refractivity contribution >= 4 is 17.5 Å². The molecule has 144 valence electrons. The van der Waals surface area contributed by atoms with Crippen LogP contribution in [0, 0.1) is 6.92 Å². The monoisotopic (exact) mass is 371 g/mol. The first-order valence-electron chi connectivity index (χ1n) is 9.22. The lowest BCUT2D eigenvalue weighted by molar-refractivity contribution is -0.121. The standard InChI is InChI=1S/C20H25N3O4/c1-4-5-8-15-12-23(16-9-6-7-10-17(16)26-3)19(24)13-22(15)20(25)18-11-14(2)21-27-18/h6-7,9-11,15H,4-5,8,12-13H2,1-3H3/t15-/m1/s1. The summed E-state index contributed by atoms with van der Waals surface area (Å²) in [6.45, 7) is 4.31. The first-order valence-corrected chi connectivity index (χ1v) is 9.22. The van der Waals surface area contributed by atoms with Crippen LogP contribution in [0.15, 0.2) is 34.9 Å². The molecule has 1 fully saturated rings. The van der Waals surface area contributed by atoms with Gasteiger partial charge in [0.2, 0.25) is 11.7 Å². The van der Waals surface area contributed by atoms with Crippen molar-refractivity contribution in [3.63, 3.8) is 0 Å². The first kappa shape index (κ1) is 18.9. The normalized spacial score (nSPS) is 17.3. The lowest BCUT2D eigenvalue weighted by Crippen LogP contribution is -2.58. The molecule has 0 unspecified atom stereocenters. The van der Waals surface area contributed by atoms with Crippen molar-refractivity contribution in [2.75, 3.05) is 25.1 Å². The Morgan fingerprint density at radius 3 is 2.81 bits per heavy atom. The summed E-state index contributed by atoms with van der Waals surface area (Å²) < 4.78 is 10.5. The van der Waals surface area contributed by atoms with E-state index in [0.717, 1.165) is 24.9 Å². The molecule has 0 spiro atoms. The molecule has 0 saturated carbocycles. The van der Waals surface area contributed by atoms with Crippen molar-refractivity contribution < 1.29 is 18.8 Å². The summed E-state index contributed by atoms with van der Waals surface area (Å²) in [5, 5.41) is 3.79. The van der Waals surface area contributed by atoms with Crippen molar-refractivity contribution in [1.82, 2.24) is 10.1 Å². The maximum Gasteiger partial charge on any atom is 0.293 e. The maximum atomic E-state index is 12.9. The average Bonchev–Trinajstić information content (AvgIpc) is 3.12. The Kier molecular flexibility index (Phi) is 5.78. The summed E-state index contributed by atoms with van der Waals surface area (Å²) in [6, 6.07) is 8.96. The molecule has 2 heterocycles. The zero-order valence-electron chi connectivity index (χ0n) is 16.0. The molecule has 2 amide bonds. The molecule has 1 aliphatic rings. The predicted octanol–water partition coefficient (Wildman–Crippen LogP) is 3.04. The van der Waals surface area contributed by atoms with Gasteiger partial charge in [0, 0.05) is 12.6 Å². The number of carbonyl (C=O) groups excluding carboxylic acids is 2. The van der Waals surface area contributed by atoms with Crippen molar-refractivity contribution in [3.05, 3.63) is 41.8 Å². The Bertz CT molecular complexity index is 817. The largest absolute Gasteiger partial charge is 0.495 e. The summed E-state index contributed by atoms with van der Waals surface area (Å²) in [4.78, 5) is 29.1. The van der Waals surface area contributed by atoms with E-state index in [9.17, 15) is 9.59 Å². The number of hydrogen-bond acceptors (Lipinski definition) is 5. The Labute approximate surface area is 158 Å². The van der Waals surface area contributed by atoms with Crippen LogP contribution in [0.1, 0.15) is 42.4 Å². The van der Waals surface area contributed by atoms with Gasteiger partial charge in [-0.15, -0.1) is 0 Å². The van der Waals surface area contributed by atoms with Crippen molar-refractivity contribution in [3.8, 4) is 5.75 Å². The molecule has 1 aromatic heterocycles. The number of benzene rings is 1. The van der Waals surface area contributed by atoms with Crippen LogP contribution >= 0.6 is 0 Å². The average molecular weight is 371 g/mol. The third-order valence-electron chi connectivity index (χ3n) is 4.81. The molecule has 1 aliphatic heterocycles. The van der Waals surface area contributed by atoms with Crippen LogP contribution in [0.5, 0.6) is 5.75 Å². The minimum absolute atomic E-state index is 0.00497. The maximum absolute atomic E-state index is 12.9. The Balaban J connectivity index is 1.87. The summed E-state index contributed by atoms with van der Waals surface area (Å²) in [7, 11) is 1.59. The molecule has 0 N–H and O–H groups in total. The minimum atomic E-state index is -0.287. The van der Waals surface area contributed by atoms with E-state index in [1.54, 1.807) is 29.9 Å². The molecule has 1 saturated heterocycles. The van der Waals surface area contributed by atoms with E-state index in [1.165, 1.54) is 0 Å². The highest BCUT2D eigenvalue weighted by Gasteiger charge is 2.37. The van der Waals surface area contributed by atoms with E-state index in [-0.39, 0.29) is 30.2 Å². The van der Waals surface area contributed by atoms with Gasteiger partial charge in [-0.3, -0.25) is 9.59 Å². The van der Waals surface area contributed by atoms with Gasteiger partial charge in [0.1, 0.15) is 12.3 Å². The van der Waals surface area contributed by atoms with Gasteiger partial charge in [0.25, 0.3) is 5.91 Å². The fourth-order valence-corrected chi connectivity index (χ4v) is 3.39. The molecule has 1 aromatic carbocycles. The predicted molar refractivity (Wildman–Crippen MR) is 101 cm³/mol. The molecule has 1 atom stereocenters. The molecule has 7 heteroatoms. The van der Waals surface area contributed by atoms with Gasteiger partial charge in [-0.1, -0.05) is 37.1 Å². The van der Waals surface area contributed by atoms with E-state index in [0.29, 0.717) is 18.0 Å². The zero-order valence-corrected chi connectivity index (χ0v) is 16.0. The lowest BCUT2D eigenvalue weighted by atomic mass is 10.0. The molecule has 3 rings (SSSR count). The molecule has 2 aromatic rings. The Morgan fingerprint density at radius 1 is 1.37 bits per heavy atom. The minimum Gasteiger partial charge on any atom is -0.495 e. The van der Waals surface area contributed by atoms with E-state index in [2.05, 4.69) is 12.1 Å². The first-order chi connectivity index (χ1) is 13.0. The van der Waals surface area contributed by atoms with Gasteiger partial charge in [-0.2, -0.15) is 0 Å². The molecule has 0 aliphatic carbocycles. The number of ether oxygens (including phenoxy) is 1. The van der Waals surface area contributed by atoms with Crippen LogP contribution in [0.3, 0.4) is 0 Å². The number of hydrogen-bond donors (Lipinski definition) is 0. The number of piperazine rings is 1. The number of rotatable bonds is 6. The number of methoxy groups -OCH3 is 1. The van der Waals surface area contributed by atoms with Gasteiger partial charge >= 0.3 is 0 Å². The molecule has 7 nitrogen and oxygen atoms in total. The number of nitrogens with zero attached hydrogens (tertiary/aromatic N) is 3. The number of para-hydroxylation sites is 2. The van der Waals surface area contributed by atoms with E-state index in [1.807, 2.05) is 24.3 Å². The van der Waals surface area contributed by atoms with Crippen molar-refractivity contribution in [2.45, 2.75) is 39.2 Å². The van der Waals surface area contributed by atoms with E-state index < -0.39 is 0 Å². The van der Waals surface area contributed by atoms with Crippen LogP contribution in [-0.2, 0) is 4.79 Å². The highest BCUT2D eigenvalue weighted by Crippen LogP contribution is 2.31. The van der Waals surface area contributed by atoms with Crippen LogP contribution in [0.4, 0.5) is 5.69 Å². The van der Waals surface area contributed by atoms with Crippen molar-refractivity contribution in [2.24, 2.45) is 0 Å². The van der Waals surface area contributed by atoms with E-state index in [4.69, 9.17) is 9.26 Å². The summed E-state index contributed by atoms with van der Waals surface area (Å²) in [6.07, 6.45) is 2.80. The van der Waals surface area contributed by atoms with Gasteiger partial charge in [-0.25, -0.2) is 0 Å². The third-order valence-corrected chi connectivity index (χ3v) is 4.81. The van der Waals surface area contributed by atoms with Crippen LogP contribution in [0.25, 0.3) is 0 Å². The van der Waals surface area contributed by atoms with Gasteiger partial charge < -0.3 is 19.1 Å². The van der Waals surface area contributed by atoms with Gasteiger partial charge in [-0.05, 0) is 25.5 Å². The molecular formula is C20H25N3O4. The SMILES string of the molecule is CCCC[C@@H]1CN(c2ccccc2OC)C(=O)CN1C(=O)c1cc(C)no1. The fourth-order valence-electron chi connectivity index (χ4n) is 3.39. The number of aryl methyl sites for hydroxylation is 1. The highest BCUT2D eigenvalue weighted by atomic mass is 16.5.